The Morgan fingerprint density at radius 1 is 1.32 bits per heavy atom. The lowest BCUT2D eigenvalue weighted by atomic mass is 10.3. The normalized spacial score (nSPS) is 11.6. The number of halogens is 3. The topological polar surface area (TPSA) is 35.3 Å². The van der Waals surface area contributed by atoms with Crippen LogP contribution < -0.4 is 4.74 Å². The van der Waals surface area contributed by atoms with Gasteiger partial charge in [0.2, 0.25) is 5.76 Å². The number of rotatable bonds is 4. The lowest BCUT2D eigenvalue weighted by Crippen LogP contribution is -2.02. The maximum atomic E-state index is 12.3. The first kappa shape index (κ1) is 13.8. The minimum atomic E-state index is -4.50. The first-order chi connectivity index (χ1) is 9.00. The lowest BCUT2D eigenvalue weighted by molar-refractivity contribution is -0.155. The van der Waals surface area contributed by atoms with Crippen LogP contribution >= 0.6 is 11.8 Å². The molecule has 2 rings (SSSR count). The summed E-state index contributed by atoms with van der Waals surface area (Å²) in [6, 6.07) is 8.17. The Morgan fingerprint density at radius 2 is 2.05 bits per heavy atom. The molecule has 0 aliphatic rings. The predicted octanol–water partition coefficient (Wildman–Crippen LogP) is 3.99. The number of thioether (sulfide) groups is 1. The molecule has 0 aliphatic carbocycles. The van der Waals surface area contributed by atoms with Crippen LogP contribution in [0.4, 0.5) is 13.2 Å². The first-order valence-corrected chi connectivity index (χ1v) is 6.28. The van der Waals surface area contributed by atoms with Crippen LogP contribution in [0.3, 0.4) is 0 Å². The second-order valence-corrected chi connectivity index (χ2v) is 4.64. The van der Waals surface area contributed by atoms with Crippen molar-refractivity contribution in [1.29, 1.82) is 0 Å². The highest BCUT2D eigenvalue weighted by Crippen LogP contribution is 2.33. The molecule has 1 heterocycles. The molecule has 19 heavy (non-hydrogen) atoms. The van der Waals surface area contributed by atoms with Crippen LogP contribution in [-0.2, 0) is 11.9 Å². The summed E-state index contributed by atoms with van der Waals surface area (Å²) in [6.45, 7) is 0. The molecule has 0 spiro atoms. The van der Waals surface area contributed by atoms with E-state index in [0.29, 0.717) is 5.75 Å². The fourth-order valence-electron chi connectivity index (χ4n) is 1.40. The molecular weight excluding hydrogens is 279 g/mol. The number of aromatic nitrogens is 1. The van der Waals surface area contributed by atoms with E-state index in [0.717, 1.165) is 11.0 Å². The van der Waals surface area contributed by atoms with Crippen LogP contribution in [0.5, 0.6) is 5.75 Å². The molecule has 102 valence electrons. The standard InChI is InChI=1S/C12H10F3NO2S/c1-17-9-4-2-3-5-10(9)19-7-8-6-11(18-16-8)12(13,14)15/h2-6H,7H2,1H3. The average molecular weight is 289 g/mol. The number of hydrogen-bond donors (Lipinski definition) is 0. The number of para-hydroxylation sites is 1. The number of hydrogen-bond acceptors (Lipinski definition) is 4. The highest BCUT2D eigenvalue weighted by Gasteiger charge is 2.36. The highest BCUT2D eigenvalue weighted by atomic mass is 32.2. The molecule has 3 nitrogen and oxygen atoms in total. The van der Waals surface area contributed by atoms with Crippen molar-refractivity contribution in [3.05, 3.63) is 41.8 Å². The number of methoxy groups -OCH3 is 1. The fourth-order valence-corrected chi connectivity index (χ4v) is 2.31. The molecule has 0 bridgehead atoms. The number of alkyl halides is 3. The van der Waals surface area contributed by atoms with Gasteiger partial charge in [0.15, 0.2) is 0 Å². The summed E-state index contributed by atoms with van der Waals surface area (Å²) in [7, 11) is 1.54. The van der Waals surface area contributed by atoms with Crippen LogP contribution in [0.2, 0.25) is 0 Å². The van der Waals surface area contributed by atoms with E-state index < -0.39 is 11.9 Å². The Labute approximate surface area is 111 Å². The summed E-state index contributed by atoms with van der Waals surface area (Å²) in [5.41, 5.74) is 0.239. The molecule has 0 atom stereocenters. The average Bonchev–Trinajstić information content (AvgIpc) is 2.85. The van der Waals surface area contributed by atoms with Crippen LogP contribution in [-0.4, -0.2) is 12.3 Å². The van der Waals surface area contributed by atoms with Crippen LogP contribution in [0.1, 0.15) is 11.5 Å². The van der Waals surface area contributed by atoms with Crippen molar-refractivity contribution in [3.8, 4) is 5.75 Å². The van der Waals surface area contributed by atoms with E-state index in [9.17, 15) is 13.2 Å². The summed E-state index contributed by atoms with van der Waals surface area (Å²) in [5, 5.41) is 3.40. The molecule has 7 heteroatoms. The van der Waals surface area contributed by atoms with Crippen molar-refractivity contribution >= 4 is 11.8 Å². The van der Waals surface area contributed by atoms with E-state index in [1.54, 1.807) is 6.07 Å². The van der Waals surface area contributed by atoms with E-state index >= 15 is 0 Å². The van der Waals surface area contributed by atoms with Crippen LogP contribution in [0.15, 0.2) is 39.8 Å². The summed E-state index contributed by atoms with van der Waals surface area (Å²) in [6.07, 6.45) is -4.50. The van der Waals surface area contributed by atoms with Crippen molar-refractivity contribution in [2.75, 3.05) is 7.11 Å². The van der Waals surface area contributed by atoms with Gasteiger partial charge in [0.25, 0.3) is 0 Å². The van der Waals surface area contributed by atoms with Gasteiger partial charge in [0.1, 0.15) is 5.75 Å². The highest BCUT2D eigenvalue weighted by molar-refractivity contribution is 7.98. The molecule has 0 unspecified atom stereocenters. The summed E-state index contributed by atoms with van der Waals surface area (Å²) in [5.74, 6) is -0.130. The van der Waals surface area contributed by atoms with Crippen LogP contribution in [0.25, 0.3) is 0 Å². The molecule has 0 amide bonds. The summed E-state index contributed by atoms with van der Waals surface area (Å²) >= 11 is 1.33. The monoisotopic (exact) mass is 289 g/mol. The fraction of sp³-hybridized carbons (Fsp3) is 0.250. The van der Waals surface area contributed by atoms with Gasteiger partial charge in [-0.2, -0.15) is 13.2 Å². The third-order valence-electron chi connectivity index (χ3n) is 2.28. The van der Waals surface area contributed by atoms with Gasteiger partial charge in [-0.3, -0.25) is 0 Å². The first-order valence-electron chi connectivity index (χ1n) is 5.29. The predicted molar refractivity (Wildman–Crippen MR) is 64.1 cm³/mol. The lowest BCUT2D eigenvalue weighted by Gasteiger charge is -2.05. The molecule has 0 aliphatic heterocycles. The van der Waals surface area contributed by atoms with Crippen molar-refractivity contribution in [2.45, 2.75) is 16.8 Å². The molecule has 0 radical (unpaired) electrons. The van der Waals surface area contributed by atoms with Crippen molar-refractivity contribution in [1.82, 2.24) is 5.16 Å². The number of ether oxygens (including phenoxy) is 1. The third kappa shape index (κ3) is 3.44. The molecule has 0 N–H and O–H groups in total. The van der Waals surface area contributed by atoms with Gasteiger partial charge in [0.05, 0.1) is 12.8 Å². The molecule has 2 aromatic rings. The van der Waals surface area contributed by atoms with Gasteiger partial charge < -0.3 is 9.26 Å². The van der Waals surface area contributed by atoms with Gasteiger partial charge in [-0.05, 0) is 12.1 Å². The minimum Gasteiger partial charge on any atom is -0.496 e. The second-order valence-electron chi connectivity index (χ2n) is 3.62. The van der Waals surface area contributed by atoms with Crippen molar-refractivity contribution < 1.29 is 22.4 Å². The SMILES string of the molecule is COc1ccccc1SCc1cc(C(F)(F)F)on1. The second kappa shape index (κ2) is 5.56. The van der Waals surface area contributed by atoms with E-state index in [1.165, 1.54) is 18.9 Å². The summed E-state index contributed by atoms with van der Waals surface area (Å²) < 4.78 is 46.4. The molecule has 1 aromatic carbocycles. The maximum Gasteiger partial charge on any atom is 0.452 e. The largest absolute Gasteiger partial charge is 0.496 e. The maximum absolute atomic E-state index is 12.3. The van der Waals surface area contributed by atoms with Crippen molar-refractivity contribution in [2.24, 2.45) is 0 Å². The third-order valence-corrected chi connectivity index (χ3v) is 3.37. The van der Waals surface area contributed by atoms with E-state index in [4.69, 9.17) is 4.74 Å². The molecule has 0 saturated carbocycles. The molecular formula is C12H10F3NO2S. The van der Waals surface area contributed by atoms with Gasteiger partial charge in [0, 0.05) is 16.7 Å². The van der Waals surface area contributed by atoms with Crippen molar-refractivity contribution in [3.63, 3.8) is 0 Å². The Bertz CT molecular complexity index is 554. The zero-order valence-corrected chi connectivity index (χ0v) is 10.7. The number of benzene rings is 1. The Hall–Kier alpha value is -1.63. The number of nitrogens with zero attached hydrogens (tertiary/aromatic N) is 1. The van der Waals surface area contributed by atoms with E-state index in [2.05, 4.69) is 9.68 Å². The van der Waals surface area contributed by atoms with E-state index in [1.807, 2.05) is 18.2 Å². The summed E-state index contributed by atoms with van der Waals surface area (Å²) in [4.78, 5) is 0.835. The Balaban J connectivity index is 2.05. The molecule has 0 saturated heterocycles. The molecule has 1 aromatic heterocycles. The van der Waals surface area contributed by atoms with Gasteiger partial charge in [-0.25, -0.2) is 0 Å². The zero-order chi connectivity index (χ0) is 13.9. The smallest absolute Gasteiger partial charge is 0.452 e. The van der Waals surface area contributed by atoms with E-state index in [-0.39, 0.29) is 11.4 Å². The van der Waals surface area contributed by atoms with Crippen LogP contribution in [0, 0.1) is 0 Å². The minimum absolute atomic E-state index is 0.239. The Kier molecular flexibility index (Phi) is 4.04. The Morgan fingerprint density at radius 3 is 2.68 bits per heavy atom. The quantitative estimate of drug-likeness (QED) is 0.797. The van der Waals surface area contributed by atoms with Gasteiger partial charge in [-0.15, -0.1) is 11.8 Å². The van der Waals surface area contributed by atoms with Gasteiger partial charge in [-0.1, -0.05) is 17.3 Å². The van der Waals surface area contributed by atoms with Gasteiger partial charge >= 0.3 is 6.18 Å². The zero-order valence-electron chi connectivity index (χ0n) is 9.90. The molecule has 0 fully saturated rings.